The molecule has 0 bridgehead atoms. The standard InChI is InChI=1S/C13H21NO3/c1-8-6-11(8)7-17-13(16)9(2)14-12(15)10-4-3-5-10/h8-11H,3-7H2,1-2H3,(H,14,15)/t8-,9+,11+/m1/s1. The van der Waals surface area contributed by atoms with Crippen LogP contribution in [0.1, 0.15) is 39.5 Å². The number of carbonyl (C=O) groups is 2. The van der Waals surface area contributed by atoms with E-state index in [1.54, 1.807) is 6.92 Å². The van der Waals surface area contributed by atoms with E-state index in [9.17, 15) is 9.59 Å². The number of rotatable bonds is 5. The fourth-order valence-electron chi connectivity index (χ4n) is 2.01. The van der Waals surface area contributed by atoms with E-state index < -0.39 is 6.04 Å². The first-order valence-corrected chi connectivity index (χ1v) is 6.55. The van der Waals surface area contributed by atoms with Crippen LogP contribution in [0.25, 0.3) is 0 Å². The average Bonchev–Trinajstić information content (AvgIpc) is 2.88. The van der Waals surface area contributed by atoms with E-state index >= 15 is 0 Å². The molecule has 17 heavy (non-hydrogen) atoms. The minimum atomic E-state index is -0.517. The van der Waals surface area contributed by atoms with Crippen molar-refractivity contribution >= 4 is 11.9 Å². The summed E-state index contributed by atoms with van der Waals surface area (Å²) in [5.41, 5.74) is 0. The predicted octanol–water partition coefficient (Wildman–Crippen LogP) is 1.49. The fourth-order valence-corrected chi connectivity index (χ4v) is 2.01. The van der Waals surface area contributed by atoms with Gasteiger partial charge in [-0.3, -0.25) is 4.79 Å². The summed E-state index contributed by atoms with van der Waals surface area (Å²) in [4.78, 5) is 23.2. The minimum absolute atomic E-state index is 0.000454. The molecule has 4 nitrogen and oxygen atoms in total. The second-order valence-corrected chi connectivity index (χ2v) is 5.46. The highest BCUT2D eigenvalue weighted by Gasteiger charge is 2.34. The zero-order valence-electron chi connectivity index (χ0n) is 10.6. The molecule has 2 fully saturated rings. The molecule has 0 unspecified atom stereocenters. The fraction of sp³-hybridized carbons (Fsp3) is 0.846. The van der Waals surface area contributed by atoms with Gasteiger partial charge in [0.25, 0.3) is 0 Å². The first kappa shape index (κ1) is 12.4. The van der Waals surface area contributed by atoms with Crippen LogP contribution in [0, 0.1) is 17.8 Å². The quantitative estimate of drug-likeness (QED) is 0.739. The van der Waals surface area contributed by atoms with Crippen molar-refractivity contribution in [2.24, 2.45) is 17.8 Å². The topological polar surface area (TPSA) is 55.4 Å². The maximum absolute atomic E-state index is 11.6. The largest absolute Gasteiger partial charge is 0.464 e. The van der Waals surface area contributed by atoms with Crippen LogP contribution in [0.15, 0.2) is 0 Å². The predicted molar refractivity (Wildman–Crippen MR) is 63.2 cm³/mol. The van der Waals surface area contributed by atoms with Crippen LogP contribution in [-0.4, -0.2) is 24.5 Å². The van der Waals surface area contributed by atoms with Crippen LogP contribution in [-0.2, 0) is 14.3 Å². The van der Waals surface area contributed by atoms with E-state index in [1.165, 1.54) is 0 Å². The van der Waals surface area contributed by atoms with Crippen molar-refractivity contribution < 1.29 is 14.3 Å². The highest BCUT2D eigenvalue weighted by molar-refractivity contribution is 5.85. The van der Waals surface area contributed by atoms with E-state index in [2.05, 4.69) is 12.2 Å². The molecule has 0 radical (unpaired) electrons. The van der Waals surface area contributed by atoms with Crippen molar-refractivity contribution in [2.75, 3.05) is 6.61 Å². The Kier molecular flexibility index (Phi) is 3.69. The van der Waals surface area contributed by atoms with Gasteiger partial charge in [-0.05, 0) is 38.0 Å². The average molecular weight is 239 g/mol. The van der Waals surface area contributed by atoms with E-state index in [0.29, 0.717) is 18.4 Å². The van der Waals surface area contributed by atoms with Crippen molar-refractivity contribution in [3.8, 4) is 0 Å². The van der Waals surface area contributed by atoms with E-state index in [-0.39, 0.29) is 17.8 Å². The summed E-state index contributed by atoms with van der Waals surface area (Å²) in [5.74, 6) is 1.03. The van der Waals surface area contributed by atoms with Crippen LogP contribution in [0.4, 0.5) is 0 Å². The molecule has 0 aliphatic heterocycles. The van der Waals surface area contributed by atoms with Gasteiger partial charge < -0.3 is 10.1 Å². The number of nitrogens with one attached hydrogen (secondary N) is 1. The van der Waals surface area contributed by atoms with Crippen molar-refractivity contribution in [2.45, 2.75) is 45.6 Å². The summed E-state index contributed by atoms with van der Waals surface area (Å²) in [7, 11) is 0. The van der Waals surface area contributed by atoms with Gasteiger partial charge in [-0.2, -0.15) is 0 Å². The maximum Gasteiger partial charge on any atom is 0.328 e. The van der Waals surface area contributed by atoms with Crippen molar-refractivity contribution in [3.05, 3.63) is 0 Å². The molecule has 2 aliphatic carbocycles. The third-order valence-corrected chi connectivity index (χ3v) is 3.90. The van der Waals surface area contributed by atoms with E-state index in [1.807, 2.05) is 0 Å². The van der Waals surface area contributed by atoms with Gasteiger partial charge >= 0.3 is 5.97 Å². The molecular formula is C13H21NO3. The molecule has 0 aromatic carbocycles. The molecule has 96 valence electrons. The van der Waals surface area contributed by atoms with Crippen LogP contribution < -0.4 is 5.32 Å². The third-order valence-electron chi connectivity index (χ3n) is 3.90. The Balaban J connectivity index is 1.65. The summed E-state index contributed by atoms with van der Waals surface area (Å²) in [6.07, 6.45) is 4.17. The van der Waals surface area contributed by atoms with Crippen LogP contribution in [0.5, 0.6) is 0 Å². The zero-order chi connectivity index (χ0) is 12.4. The lowest BCUT2D eigenvalue weighted by Gasteiger charge is -2.25. The van der Waals surface area contributed by atoms with Gasteiger partial charge in [0.1, 0.15) is 6.04 Å². The Morgan fingerprint density at radius 1 is 1.41 bits per heavy atom. The number of carbonyl (C=O) groups excluding carboxylic acids is 2. The molecule has 0 saturated heterocycles. The van der Waals surface area contributed by atoms with Crippen molar-refractivity contribution in [1.82, 2.24) is 5.32 Å². The maximum atomic E-state index is 11.6. The zero-order valence-corrected chi connectivity index (χ0v) is 10.6. The van der Waals surface area contributed by atoms with Gasteiger partial charge in [0.15, 0.2) is 0 Å². The smallest absolute Gasteiger partial charge is 0.328 e. The molecular weight excluding hydrogens is 218 g/mol. The van der Waals surface area contributed by atoms with Gasteiger partial charge in [0, 0.05) is 5.92 Å². The molecule has 0 aromatic heterocycles. The van der Waals surface area contributed by atoms with Gasteiger partial charge in [0.05, 0.1) is 6.61 Å². The van der Waals surface area contributed by atoms with Crippen molar-refractivity contribution in [3.63, 3.8) is 0 Å². The second kappa shape index (κ2) is 5.07. The van der Waals surface area contributed by atoms with E-state index in [4.69, 9.17) is 4.74 Å². The molecule has 0 spiro atoms. The van der Waals surface area contributed by atoms with Gasteiger partial charge in [0.2, 0.25) is 5.91 Å². The number of esters is 1. The van der Waals surface area contributed by atoms with Gasteiger partial charge in [-0.25, -0.2) is 4.79 Å². The summed E-state index contributed by atoms with van der Waals surface area (Å²) in [5, 5.41) is 2.72. The summed E-state index contributed by atoms with van der Waals surface area (Å²) >= 11 is 0. The first-order chi connectivity index (χ1) is 8.08. The number of amides is 1. The van der Waals surface area contributed by atoms with Gasteiger partial charge in [-0.1, -0.05) is 13.3 Å². The Labute approximate surface area is 102 Å². The van der Waals surface area contributed by atoms with Crippen LogP contribution >= 0.6 is 0 Å². The Morgan fingerprint density at radius 2 is 2.06 bits per heavy atom. The molecule has 2 rings (SSSR count). The molecule has 0 aromatic rings. The minimum Gasteiger partial charge on any atom is -0.464 e. The molecule has 3 atom stereocenters. The van der Waals surface area contributed by atoms with Crippen molar-refractivity contribution in [1.29, 1.82) is 0 Å². The molecule has 1 amide bonds. The highest BCUT2D eigenvalue weighted by Crippen LogP contribution is 2.37. The molecule has 2 aliphatic rings. The summed E-state index contributed by atoms with van der Waals surface area (Å²) in [6.45, 7) is 4.35. The number of hydrogen-bond acceptors (Lipinski definition) is 3. The normalized spacial score (nSPS) is 29.1. The lowest BCUT2D eigenvalue weighted by Crippen LogP contribution is -2.44. The summed E-state index contributed by atoms with van der Waals surface area (Å²) < 4.78 is 5.18. The van der Waals surface area contributed by atoms with Gasteiger partial charge in [-0.15, -0.1) is 0 Å². The third kappa shape index (κ3) is 3.20. The molecule has 2 saturated carbocycles. The first-order valence-electron chi connectivity index (χ1n) is 6.55. The number of hydrogen-bond donors (Lipinski definition) is 1. The summed E-state index contributed by atoms with van der Waals surface area (Å²) in [6, 6.07) is -0.517. The Hall–Kier alpha value is -1.06. The van der Waals surface area contributed by atoms with Crippen LogP contribution in [0.3, 0.4) is 0 Å². The molecule has 4 heteroatoms. The lowest BCUT2D eigenvalue weighted by atomic mass is 9.84. The highest BCUT2D eigenvalue weighted by atomic mass is 16.5. The number of ether oxygens (including phenoxy) is 1. The van der Waals surface area contributed by atoms with Crippen LogP contribution in [0.2, 0.25) is 0 Å². The lowest BCUT2D eigenvalue weighted by molar-refractivity contribution is -0.148. The monoisotopic (exact) mass is 239 g/mol. The molecule has 1 N–H and O–H groups in total. The SMILES string of the molecule is C[C@H](NC(=O)C1CCC1)C(=O)OC[C@@H]1C[C@H]1C. The Morgan fingerprint density at radius 3 is 2.53 bits per heavy atom. The second-order valence-electron chi connectivity index (χ2n) is 5.46. The van der Waals surface area contributed by atoms with E-state index in [0.717, 1.165) is 25.7 Å². The molecule has 0 heterocycles. The Bertz CT molecular complexity index is 312.